The van der Waals surface area contributed by atoms with E-state index in [1.807, 2.05) is 55.5 Å². The third-order valence-corrected chi connectivity index (χ3v) is 5.99. The van der Waals surface area contributed by atoms with Gasteiger partial charge in [0.1, 0.15) is 11.9 Å². The molecule has 1 aliphatic heterocycles. The third kappa shape index (κ3) is 6.18. The molecule has 3 aromatic carbocycles. The Morgan fingerprint density at radius 1 is 0.971 bits per heavy atom. The second kappa shape index (κ2) is 11.5. The van der Waals surface area contributed by atoms with E-state index in [4.69, 9.17) is 9.47 Å². The molecule has 3 aromatic rings. The number of aryl methyl sites for hydroxylation is 1. The number of ether oxygens (including phenoxy) is 2. The Morgan fingerprint density at radius 2 is 1.71 bits per heavy atom. The van der Waals surface area contributed by atoms with Gasteiger partial charge in [-0.2, -0.15) is 0 Å². The molecule has 4 rings (SSSR count). The van der Waals surface area contributed by atoms with Gasteiger partial charge in [-0.3, -0.25) is 9.59 Å². The molecule has 7 heteroatoms. The zero-order valence-corrected chi connectivity index (χ0v) is 19.7. The molecule has 0 radical (unpaired) electrons. The van der Waals surface area contributed by atoms with Crippen LogP contribution in [0.25, 0.3) is 0 Å². The van der Waals surface area contributed by atoms with Gasteiger partial charge in [0.2, 0.25) is 18.6 Å². The highest BCUT2D eigenvalue weighted by Crippen LogP contribution is 2.33. The fraction of sp³-hybridized carbons (Fsp3) is 0.286. The number of likely N-dealkylation sites (N-methyl/N-ethyl adjacent to an activating group) is 1. The molecule has 2 amide bonds. The van der Waals surface area contributed by atoms with Crippen molar-refractivity contribution < 1.29 is 23.5 Å². The maximum absolute atomic E-state index is 14.6. The van der Waals surface area contributed by atoms with Crippen LogP contribution >= 0.6 is 0 Å². The van der Waals surface area contributed by atoms with Gasteiger partial charge in [-0.1, -0.05) is 54.6 Å². The minimum absolute atomic E-state index is 0.00127. The van der Waals surface area contributed by atoms with Crippen molar-refractivity contribution in [2.75, 3.05) is 13.3 Å². The Morgan fingerprint density at radius 3 is 2.49 bits per heavy atom. The predicted molar refractivity (Wildman–Crippen MR) is 130 cm³/mol. The Kier molecular flexibility index (Phi) is 7.98. The molecule has 0 spiro atoms. The van der Waals surface area contributed by atoms with Crippen molar-refractivity contribution in [1.82, 2.24) is 10.2 Å². The Balaban J connectivity index is 1.59. The average Bonchev–Trinajstić information content (AvgIpc) is 3.34. The number of amides is 2. The van der Waals surface area contributed by atoms with E-state index in [1.54, 1.807) is 18.2 Å². The molecule has 1 unspecified atom stereocenters. The molecule has 0 saturated heterocycles. The third-order valence-electron chi connectivity index (χ3n) is 5.99. The van der Waals surface area contributed by atoms with Crippen LogP contribution in [0.3, 0.4) is 0 Å². The normalized spacial score (nSPS) is 12.7. The SMILES string of the molecule is CCNC(=O)C(Cc1ccccc1)N(Cc1ccccc1F)C(=O)CCc1ccc2c(c1)OCO2. The van der Waals surface area contributed by atoms with Gasteiger partial charge in [-0.05, 0) is 42.7 Å². The number of nitrogens with one attached hydrogen (secondary N) is 1. The van der Waals surface area contributed by atoms with Crippen LogP contribution in [0, 0.1) is 5.82 Å². The number of hydrogen-bond donors (Lipinski definition) is 1. The van der Waals surface area contributed by atoms with Crippen molar-refractivity contribution in [3.8, 4) is 11.5 Å². The minimum atomic E-state index is -0.777. The zero-order valence-electron chi connectivity index (χ0n) is 19.7. The Labute approximate surface area is 204 Å². The maximum Gasteiger partial charge on any atom is 0.243 e. The molecule has 182 valence electrons. The Hall–Kier alpha value is -3.87. The second-order valence-corrected chi connectivity index (χ2v) is 8.40. The van der Waals surface area contributed by atoms with E-state index >= 15 is 0 Å². The van der Waals surface area contributed by atoms with Gasteiger partial charge in [0.25, 0.3) is 0 Å². The first-order valence-electron chi connectivity index (χ1n) is 11.8. The molecule has 0 aliphatic carbocycles. The first-order valence-corrected chi connectivity index (χ1v) is 11.8. The Bertz CT molecular complexity index is 1170. The number of fused-ring (bicyclic) bond motifs is 1. The summed E-state index contributed by atoms with van der Waals surface area (Å²) >= 11 is 0. The number of carbonyl (C=O) groups excluding carboxylic acids is 2. The number of nitrogens with zero attached hydrogens (tertiary/aromatic N) is 1. The van der Waals surface area contributed by atoms with Crippen LogP contribution in [0.2, 0.25) is 0 Å². The molecule has 0 fully saturated rings. The van der Waals surface area contributed by atoms with E-state index in [0.717, 1.165) is 11.1 Å². The van der Waals surface area contributed by atoms with Crippen LogP contribution in [0.5, 0.6) is 11.5 Å². The van der Waals surface area contributed by atoms with Crippen LogP contribution in [0.4, 0.5) is 4.39 Å². The zero-order chi connectivity index (χ0) is 24.6. The van der Waals surface area contributed by atoms with Crippen LogP contribution < -0.4 is 14.8 Å². The van der Waals surface area contributed by atoms with E-state index in [0.29, 0.717) is 36.4 Å². The highest BCUT2D eigenvalue weighted by atomic mass is 19.1. The largest absolute Gasteiger partial charge is 0.454 e. The van der Waals surface area contributed by atoms with Crippen LogP contribution in [0.15, 0.2) is 72.8 Å². The van der Waals surface area contributed by atoms with Crippen molar-refractivity contribution in [3.63, 3.8) is 0 Å². The lowest BCUT2D eigenvalue weighted by Gasteiger charge is -2.31. The maximum atomic E-state index is 14.6. The lowest BCUT2D eigenvalue weighted by Crippen LogP contribution is -2.50. The van der Waals surface area contributed by atoms with Gasteiger partial charge >= 0.3 is 0 Å². The van der Waals surface area contributed by atoms with Crippen LogP contribution in [-0.4, -0.2) is 36.1 Å². The van der Waals surface area contributed by atoms with Gasteiger partial charge in [0, 0.05) is 31.5 Å². The number of carbonyl (C=O) groups is 2. The highest BCUT2D eigenvalue weighted by molar-refractivity contribution is 5.88. The van der Waals surface area contributed by atoms with Gasteiger partial charge in [-0.25, -0.2) is 4.39 Å². The monoisotopic (exact) mass is 476 g/mol. The lowest BCUT2D eigenvalue weighted by molar-refractivity contribution is -0.141. The second-order valence-electron chi connectivity index (χ2n) is 8.40. The summed E-state index contributed by atoms with van der Waals surface area (Å²) < 4.78 is 25.4. The molecule has 35 heavy (non-hydrogen) atoms. The first kappa shape index (κ1) is 24.3. The molecule has 0 aromatic heterocycles. The van der Waals surface area contributed by atoms with Gasteiger partial charge in [-0.15, -0.1) is 0 Å². The quantitative estimate of drug-likeness (QED) is 0.475. The van der Waals surface area contributed by atoms with E-state index in [-0.39, 0.29) is 31.6 Å². The summed E-state index contributed by atoms with van der Waals surface area (Å²) in [5.74, 6) is 0.445. The molecule has 6 nitrogen and oxygen atoms in total. The van der Waals surface area contributed by atoms with Gasteiger partial charge in [0.05, 0.1) is 0 Å². The van der Waals surface area contributed by atoms with E-state index in [2.05, 4.69) is 5.32 Å². The van der Waals surface area contributed by atoms with Gasteiger partial charge < -0.3 is 19.7 Å². The number of halogens is 1. The fourth-order valence-electron chi connectivity index (χ4n) is 4.15. The summed E-state index contributed by atoms with van der Waals surface area (Å²) in [7, 11) is 0. The van der Waals surface area contributed by atoms with Crippen molar-refractivity contribution >= 4 is 11.8 Å². The predicted octanol–water partition coefficient (Wildman–Crippen LogP) is 4.26. The molecular weight excluding hydrogens is 447 g/mol. The van der Waals surface area contributed by atoms with Crippen molar-refractivity contribution in [2.45, 2.75) is 38.8 Å². The summed E-state index contributed by atoms with van der Waals surface area (Å²) in [6.45, 7) is 2.45. The van der Waals surface area contributed by atoms with Crippen molar-refractivity contribution in [2.24, 2.45) is 0 Å². The van der Waals surface area contributed by atoms with Crippen molar-refractivity contribution in [3.05, 3.63) is 95.3 Å². The lowest BCUT2D eigenvalue weighted by atomic mass is 10.0. The summed E-state index contributed by atoms with van der Waals surface area (Å²) in [5, 5.41) is 2.85. The van der Waals surface area contributed by atoms with Crippen molar-refractivity contribution in [1.29, 1.82) is 0 Å². The summed E-state index contributed by atoms with van der Waals surface area (Å²) in [6, 6.07) is 20.7. The van der Waals surface area contributed by atoms with E-state index in [9.17, 15) is 14.0 Å². The standard InChI is InChI=1S/C28H29FN2O4/c1-2-30-28(33)24(16-20-8-4-3-5-9-20)31(18-22-10-6-7-11-23(22)29)27(32)15-13-21-12-14-25-26(17-21)35-19-34-25/h3-12,14,17,24H,2,13,15-16,18-19H2,1H3,(H,30,33). The molecule has 0 saturated carbocycles. The number of hydrogen-bond acceptors (Lipinski definition) is 4. The molecule has 0 bridgehead atoms. The smallest absolute Gasteiger partial charge is 0.243 e. The fourth-order valence-corrected chi connectivity index (χ4v) is 4.15. The molecule has 1 aliphatic rings. The van der Waals surface area contributed by atoms with E-state index in [1.165, 1.54) is 11.0 Å². The average molecular weight is 477 g/mol. The molecule has 1 heterocycles. The summed E-state index contributed by atoms with van der Waals surface area (Å²) in [4.78, 5) is 28.2. The van der Waals surface area contributed by atoms with Crippen LogP contribution in [0.1, 0.15) is 30.0 Å². The van der Waals surface area contributed by atoms with E-state index < -0.39 is 11.9 Å². The topological polar surface area (TPSA) is 67.9 Å². The van der Waals surface area contributed by atoms with Crippen LogP contribution in [-0.2, 0) is 29.0 Å². The summed E-state index contributed by atoms with van der Waals surface area (Å²) in [6.07, 6.45) is 0.951. The number of rotatable bonds is 10. The first-order chi connectivity index (χ1) is 17.0. The molecular formula is C28H29FN2O4. The summed E-state index contributed by atoms with van der Waals surface area (Å²) in [5.41, 5.74) is 2.21. The number of benzene rings is 3. The minimum Gasteiger partial charge on any atom is -0.454 e. The van der Waals surface area contributed by atoms with Gasteiger partial charge in [0.15, 0.2) is 11.5 Å². The molecule has 1 atom stereocenters. The highest BCUT2D eigenvalue weighted by Gasteiger charge is 2.30. The molecule has 1 N–H and O–H groups in total.